The number of nitrogens with one attached hydrogen (secondary N) is 1. The van der Waals surface area contributed by atoms with Gasteiger partial charge in [0, 0.05) is 32.7 Å². The van der Waals surface area contributed by atoms with Gasteiger partial charge in [-0.3, -0.25) is 0 Å². The van der Waals surface area contributed by atoms with Crippen LogP contribution in [0.1, 0.15) is 20.3 Å². The zero-order valence-electron chi connectivity index (χ0n) is 12.0. The smallest absolute Gasteiger partial charge is 0.0604 e. The van der Waals surface area contributed by atoms with Crippen LogP contribution in [0.25, 0.3) is 0 Å². The molecule has 0 atom stereocenters. The first kappa shape index (κ1) is 13.2. The Hall–Kier alpha value is -1.22. The molecule has 0 amide bonds. The lowest BCUT2D eigenvalue weighted by Crippen LogP contribution is -2.46. The molecule has 1 aromatic carbocycles. The summed E-state index contributed by atoms with van der Waals surface area (Å²) in [4.78, 5) is 4.70. The summed E-state index contributed by atoms with van der Waals surface area (Å²) in [7, 11) is 4.22. The van der Waals surface area contributed by atoms with Crippen molar-refractivity contribution in [2.24, 2.45) is 0 Å². The molecule has 1 saturated heterocycles. The zero-order valence-corrected chi connectivity index (χ0v) is 12.0. The van der Waals surface area contributed by atoms with Gasteiger partial charge in [0.1, 0.15) is 0 Å². The Balaban J connectivity index is 2.29. The van der Waals surface area contributed by atoms with Gasteiger partial charge in [-0.15, -0.1) is 0 Å². The molecule has 1 aromatic rings. The Morgan fingerprint density at radius 2 is 1.94 bits per heavy atom. The first-order valence-corrected chi connectivity index (χ1v) is 6.76. The summed E-state index contributed by atoms with van der Waals surface area (Å²) in [6, 6.07) is 8.67. The highest BCUT2D eigenvalue weighted by Gasteiger charge is 2.25. The van der Waals surface area contributed by atoms with E-state index in [1.807, 2.05) is 0 Å². The number of rotatable bonds is 2. The summed E-state index contributed by atoms with van der Waals surface area (Å²) in [6.07, 6.45) is 1.20. The Morgan fingerprint density at radius 3 is 2.67 bits per heavy atom. The van der Waals surface area contributed by atoms with E-state index >= 15 is 0 Å². The fraction of sp³-hybridized carbons (Fsp3) is 0.600. The summed E-state index contributed by atoms with van der Waals surface area (Å²) in [5, 5.41) is 3.61. The van der Waals surface area contributed by atoms with Crippen molar-refractivity contribution in [1.82, 2.24) is 5.32 Å². The summed E-state index contributed by atoms with van der Waals surface area (Å²) in [5.74, 6) is 0. The third kappa shape index (κ3) is 2.96. The van der Waals surface area contributed by atoms with Crippen molar-refractivity contribution >= 4 is 11.4 Å². The molecule has 0 radical (unpaired) electrons. The van der Waals surface area contributed by atoms with Gasteiger partial charge in [-0.2, -0.15) is 0 Å². The van der Waals surface area contributed by atoms with E-state index in [9.17, 15) is 0 Å². The van der Waals surface area contributed by atoms with Crippen LogP contribution in [-0.4, -0.2) is 39.3 Å². The van der Waals surface area contributed by atoms with E-state index in [2.05, 4.69) is 67.3 Å². The van der Waals surface area contributed by atoms with Crippen LogP contribution < -0.4 is 15.1 Å². The molecule has 1 fully saturated rings. The number of hydrogen-bond acceptors (Lipinski definition) is 3. The first-order chi connectivity index (χ1) is 8.49. The topological polar surface area (TPSA) is 18.5 Å². The average Bonchev–Trinajstić information content (AvgIpc) is 2.50. The maximum Gasteiger partial charge on any atom is 0.0604 e. The van der Waals surface area contributed by atoms with E-state index in [-0.39, 0.29) is 5.54 Å². The van der Waals surface area contributed by atoms with Crippen molar-refractivity contribution < 1.29 is 0 Å². The van der Waals surface area contributed by atoms with Gasteiger partial charge in [0.15, 0.2) is 0 Å². The third-order valence-electron chi connectivity index (χ3n) is 3.50. The molecule has 18 heavy (non-hydrogen) atoms. The molecule has 2 rings (SSSR count). The molecule has 0 aromatic heterocycles. The second kappa shape index (κ2) is 5.19. The second-order valence-electron chi connectivity index (χ2n) is 5.97. The van der Waals surface area contributed by atoms with E-state index in [0.717, 1.165) is 19.6 Å². The Labute approximate surface area is 111 Å². The van der Waals surface area contributed by atoms with Crippen molar-refractivity contribution in [3.8, 4) is 0 Å². The minimum absolute atomic E-state index is 0.177. The number of hydrogen-bond donors (Lipinski definition) is 1. The minimum Gasteiger partial charge on any atom is -0.376 e. The van der Waals surface area contributed by atoms with Gasteiger partial charge in [-0.1, -0.05) is 12.1 Å². The van der Waals surface area contributed by atoms with Crippen molar-refractivity contribution in [2.75, 3.05) is 43.5 Å². The lowest BCUT2D eigenvalue weighted by Gasteiger charge is -2.33. The highest BCUT2D eigenvalue weighted by atomic mass is 15.2. The first-order valence-electron chi connectivity index (χ1n) is 6.76. The molecule has 1 heterocycles. The molecule has 0 saturated carbocycles. The van der Waals surface area contributed by atoms with Crippen LogP contribution in [0.2, 0.25) is 0 Å². The SMILES string of the molecule is CN(C)c1ccccc1N1CCCNC(C)(C)C1. The van der Waals surface area contributed by atoms with Gasteiger partial charge in [-0.25, -0.2) is 0 Å². The summed E-state index contributed by atoms with van der Waals surface area (Å²) >= 11 is 0. The third-order valence-corrected chi connectivity index (χ3v) is 3.50. The van der Waals surface area contributed by atoms with Gasteiger partial charge in [-0.05, 0) is 38.9 Å². The van der Waals surface area contributed by atoms with Crippen LogP contribution in [-0.2, 0) is 0 Å². The minimum atomic E-state index is 0.177. The fourth-order valence-electron chi connectivity index (χ4n) is 2.62. The van der Waals surface area contributed by atoms with Gasteiger partial charge in [0.2, 0.25) is 0 Å². The van der Waals surface area contributed by atoms with Gasteiger partial charge >= 0.3 is 0 Å². The summed E-state index contributed by atoms with van der Waals surface area (Å²) in [6.45, 7) is 7.85. The predicted octanol–water partition coefficient (Wildman–Crippen LogP) is 2.33. The molecule has 3 heteroatoms. The molecule has 0 unspecified atom stereocenters. The van der Waals surface area contributed by atoms with Gasteiger partial charge < -0.3 is 15.1 Å². The summed E-state index contributed by atoms with van der Waals surface area (Å²) in [5.41, 5.74) is 2.82. The van der Waals surface area contributed by atoms with E-state index < -0.39 is 0 Å². The highest BCUT2D eigenvalue weighted by molar-refractivity contribution is 5.71. The Bertz CT molecular complexity index is 398. The highest BCUT2D eigenvalue weighted by Crippen LogP contribution is 2.29. The van der Waals surface area contributed by atoms with Crippen molar-refractivity contribution in [2.45, 2.75) is 25.8 Å². The maximum atomic E-state index is 3.61. The normalized spacial score (nSPS) is 19.4. The molecule has 1 aliphatic heterocycles. The molecule has 1 aliphatic rings. The van der Waals surface area contributed by atoms with Crippen LogP contribution in [0, 0.1) is 0 Å². The quantitative estimate of drug-likeness (QED) is 0.865. The van der Waals surface area contributed by atoms with E-state index in [4.69, 9.17) is 0 Å². The monoisotopic (exact) mass is 247 g/mol. The molecular formula is C15H25N3. The lowest BCUT2D eigenvalue weighted by atomic mass is 10.1. The standard InChI is InChI=1S/C15H25N3/c1-15(2)12-18(11-7-10-16-15)14-9-6-5-8-13(14)17(3)4/h5-6,8-9,16H,7,10-12H2,1-4H3. The maximum absolute atomic E-state index is 3.61. The number of para-hydroxylation sites is 2. The Morgan fingerprint density at radius 1 is 1.22 bits per heavy atom. The van der Waals surface area contributed by atoms with E-state index in [0.29, 0.717) is 0 Å². The van der Waals surface area contributed by atoms with Gasteiger partial charge in [0.25, 0.3) is 0 Å². The van der Waals surface area contributed by atoms with Crippen molar-refractivity contribution in [3.63, 3.8) is 0 Å². The summed E-state index contributed by atoms with van der Waals surface area (Å²) < 4.78 is 0. The average molecular weight is 247 g/mol. The molecule has 0 spiro atoms. The number of benzene rings is 1. The number of anilines is 2. The predicted molar refractivity (Wildman–Crippen MR) is 79.7 cm³/mol. The molecule has 3 nitrogen and oxygen atoms in total. The van der Waals surface area contributed by atoms with Crippen LogP contribution in [0.15, 0.2) is 24.3 Å². The Kier molecular flexibility index (Phi) is 3.81. The van der Waals surface area contributed by atoms with E-state index in [1.165, 1.54) is 17.8 Å². The molecule has 0 bridgehead atoms. The fourth-order valence-corrected chi connectivity index (χ4v) is 2.62. The molecule has 1 N–H and O–H groups in total. The second-order valence-corrected chi connectivity index (χ2v) is 5.97. The van der Waals surface area contributed by atoms with Gasteiger partial charge in [0.05, 0.1) is 11.4 Å². The van der Waals surface area contributed by atoms with Crippen molar-refractivity contribution in [3.05, 3.63) is 24.3 Å². The van der Waals surface area contributed by atoms with E-state index in [1.54, 1.807) is 0 Å². The van der Waals surface area contributed by atoms with Crippen LogP contribution in [0.3, 0.4) is 0 Å². The van der Waals surface area contributed by atoms with Crippen molar-refractivity contribution in [1.29, 1.82) is 0 Å². The molecule has 100 valence electrons. The zero-order chi connectivity index (χ0) is 13.2. The molecular weight excluding hydrogens is 222 g/mol. The van der Waals surface area contributed by atoms with Crippen LogP contribution >= 0.6 is 0 Å². The van der Waals surface area contributed by atoms with Crippen LogP contribution in [0.4, 0.5) is 11.4 Å². The molecule has 0 aliphatic carbocycles. The lowest BCUT2D eigenvalue weighted by molar-refractivity contribution is 0.416. The van der Waals surface area contributed by atoms with Crippen LogP contribution in [0.5, 0.6) is 0 Å². The largest absolute Gasteiger partial charge is 0.376 e. The number of nitrogens with zero attached hydrogens (tertiary/aromatic N) is 2.